The van der Waals surface area contributed by atoms with Crippen LogP contribution in [0.2, 0.25) is 5.02 Å². The monoisotopic (exact) mass is 448 g/mol. The van der Waals surface area contributed by atoms with E-state index in [0.29, 0.717) is 11.6 Å². The summed E-state index contributed by atoms with van der Waals surface area (Å²) in [7, 11) is -2.24. The van der Waals surface area contributed by atoms with Crippen LogP contribution in [0.4, 0.5) is 0 Å². The molecule has 0 aliphatic carbocycles. The van der Waals surface area contributed by atoms with Crippen molar-refractivity contribution in [3.63, 3.8) is 0 Å². The minimum atomic E-state index is -3.91. The molecule has 0 spiro atoms. The minimum absolute atomic E-state index is 0.0641. The Morgan fingerprint density at radius 1 is 1.00 bits per heavy atom. The third-order valence-electron chi connectivity index (χ3n) is 4.37. The molecule has 2 aromatic carbocycles. The molecule has 1 amide bonds. The molecule has 8 heteroatoms. The smallest absolute Gasteiger partial charge is 0.243 e. The second-order valence-electron chi connectivity index (χ2n) is 6.60. The van der Waals surface area contributed by atoms with Gasteiger partial charge < -0.3 is 4.90 Å². The molecular weight excluding hydrogens is 428 g/mol. The molecule has 5 nitrogen and oxygen atoms in total. The van der Waals surface area contributed by atoms with Gasteiger partial charge in [-0.3, -0.25) is 4.79 Å². The molecule has 29 heavy (non-hydrogen) atoms. The fourth-order valence-electron chi connectivity index (χ4n) is 2.81. The van der Waals surface area contributed by atoms with Crippen molar-refractivity contribution in [2.24, 2.45) is 0 Å². The summed E-state index contributed by atoms with van der Waals surface area (Å²) in [6.07, 6.45) is 0. The zero-order valence-corrected chi connectivity index (χ0v) is 18.3. The van der Waals surface area contributed by atoms with Crippen LogP contribution in [0.15, 0.2) is 76.3 Å². The average molecular weight is 449 g/mol. The molecule has 3 rings (SSSR count). The molecule has 0 bridgehead atoms. The van der Waals surface area contributed by atoms with Gasteiger partial charge in [-0.15, -0.1) is 0 Å². The zero-order chi connectivity index (χ0) is 20.9. The summed E-state index contributed by atoms with van der Waals surface area (Å²) in [6, 6.07) is 17.2. The van der Waals surface area contributed by atoms with Crippen LogP contribution in [-0.2, 0) is 27.9 Å². The lowest BCUT2D eigenvalue weighted by Gasteiger charge is -2.25. The number of hydrogen-bond donors (Lipinski definition) is 0. The van der Waals surface area contributed by atoms with E-state index in [0.717, 1.165) is 11.1 Å². The van der Waals surface area contributed by atoms with Crippen molar-refractivity contribution in [2.45, 2.75) is 18.0 Å². The van der Waals surface area contributed by atoms with Crippen molar-refractivity contribution < 1.29 is 13.2 Å². The SMILES string of the molecule is CN(Cc1ccsc1)C(=O)CN(Cc1ccccc1)S(=O)(=O)c1cccc(Cl)c1. The van der Waals surface area contributed by atoms with E-state index in [1.165, 1.54) is 21.3 Å². The van der Waals surface area contributed by atoms with Crippen LogP contribution in [0.1, 0.15) is 11.1 Å². The van der Waals surface area contributed by atoms with Gasteiger partial charge in [-0.25, -0.2) is 8.42 Å². The molecule has 0 saturated heterocycles. The predicted molar refractivity (Wildman–Crippen MR) is 116 cm³/mol. The summed E-state index contributed by atoms with van der Waals surface area (Å²) in [5.74, 6) is -0.280. The molecule has 0 N–H and O–H groups in total. The largest absolute Gasteiger partial charge is 0.340 e. The van der Waals surface area contributed by atoms with Crippen molar-refractivity contribution in [3.8, 4) is 0 Å². The normalized spacial score (nSPS) is 11.6. The Morgan fingerprint density at radius 2 is 1.76 bits per heavy atom. The van der Waals surface area contributed by atoms with Gasteiger partial charge in [0.1, 0.15) is 0 Å². The number of carbonyl (C=O) groups is 1. The maximum atomic E-state index is 13.3. The number of hydrogen-bond acceptors (Lipinski definition) is 4. The molecule has 1 aromatic heterocycles. The van der Waals surface area contributed by atoms with E-state index in [9.17, 15) is 13.2 Å². The predicted octanol–water partition coefficient (Wildman–Crippen LogP) is 4.25. The highest BCUT2D eigenvalue weighted by Crippen LogP contribution is 2.22. The molecule has 0 atom stereocenters. The van der Waals surface area contributed by atoms with Crippen molar-refractivity contribution in [3.05, 3.63) is 87.6 Å². The zero-order valence-electron chi connectivity index (χ0n) is 15.9. The maximum absolute atomic E-state index is 13.3. The van der Waals surface area contributed by atoms with E-state index >= 15 is 0 Å². The minimum Gasteiger partial charge on any atom is -0.340 e. The van der Waals surface area contributed by atoms with Crippen LogP contribution in [0.5, 0.6) is 0 Å². The van der Waals surface area contributed by atoms with E-state index in [2.05, 4.69) is 0 Å². The Morgan fingerprint density at radius 3 is 2.41 bits per heavy atom. The number of rotatable bonds is 8. The summed E-state index contributed by atoms with van der Waals surface area (Å²) >= 11 is 7.55. The van der Waals surface area contributed by atoms with E-state index in [4.69, 9.17) is 11.6 Å². The van der Waals surface area contributed by atoms with Gasteiger partial charge in [-0.2, -0.15) is 15.6 Å². The van der Waals surface area contributed by atoms with Crippen LogP contribution in [0, 0.1) is 0 Å². The van der Waals surface area contributed by atoms with E-state index < -0.39 is 10.0 Å². The third kappa shape index (κ3) is 5.67. The van der Waals surface area contributed by atoms with E-state index in [1.54, 1.807) is 30.5 Å². The molecule has 0 unspecified atom stereocenters. The lowest BCUT2D eigenvalue weighted by atomic mass is 10.2. The Labute approximate surface area is 180 Å². The number of carbonyl (C=O) groups excluding carboxylic acids is 1. The topological polar surface area (TPSA) is 57.7 Å². The van der Waals surface area contributed by atoms with Gasteiger partial charge >= 0.3 is 0 Å². The van der Waals surface area contributed by atoms with Gasteiger partial charge in [-0.05, 0) is 46.2 Å². The van der Waals surface area contributed by atoms with Gasteiger partial charge in [0.25, 0.3) is 0 Å². The highest BCUT2D eigenvalue weighted by atomic mass is 35.5. The summed E-state index contributed by atoms with van der Waals surface area (Å²) in [5, 5.41) is 4.24. The van der Waals surface area contributed by atoms with Crippen molar-refractivity contribution in [1.82, 2.24) is 9.21 Å². The van der Waals surface area contributed by atoms with Crippen LogP contribution >= 0.6 is 22.9 Å². The molecule has 1 heterocycles. The number of nitrogens with zero attached hydrogens (tertiary/aromatic N) is 2. The first kappa shape index (κ1) is 21.5. The van der Waals surface area contributed by atoms with Crippen molar-refractivity contribution >= 4 is 38.9 Å². The third-order valence-corrected chi connectivity index (χ3v) is 7.13. The fraction of sp³-hybridized carbons (Fsp3) is 0.190. The van der Waals surface area contributed by atoms with E-state index in [-0.39, 0.29) is 23.9 Å². The quantitative estimate of drug-likeness (QED) is 0.517. The van der Waals surface area contributed by atoms with Crippen LogP contribution in [0.3, 0.4) is 0 Å². The standard InChI is InChI=1S/C21H21ClN2O3S2/c1-23(13-18-10-11-28-16-18)21(25)15-24(14-17-6-3-2-4-7-17)29(26,27)20-9-5-8-19(22)12-20/h2-12,16H,13-15H2,1H3. The number of thiophene rings is 1. The van der Waals surface area contributed by atoms with Gasteiger partial charge in [-0.1, -0.05) is 48.0 Å². The maximum Gasteiger partial charge on any atom is 0.243 e. The summed E-state index contributed by atoms with van der Waals surface area (Å²) in [4.78, 5) is 14.4. The number of likely N-dealkylation sites (N-methyl/N-ethyl adjacent to an activating group) is 1. The number of amides is 1. The second-order valence-corrected chi connectivity index (χ2v) is 9.75. The van der Waals surface area contributed by atoms with Crippen LogP contribution < -0.4 is 0 Å². The molecule has 0 radical (unpaired) electrons. The van der Waals surface area contributed by atoms with E-state index in [1.807, 2.05) is 47.2 Å². The van der Waals surface area contributed by atoms with Crippen LogP contribution in [0.25, 0.3) is 0 Å². The average Bonchev–Trinajstić information content (AvgIpc) is 3.21. The Hall–Kier alpha value is -2.19. The summed E-state index contributed by atoms with van der Waals surface area (Å²) in [5.41, 5.74) is 1.81. The van der Waals surface area contributed by atoms with Crippen molar-refractivity contribution in [1.29, 1.82) is 0 Å². The van der Waals surface area contributed by atoms with Crippen molar-refractivity contribution in [2.75, 3.05) is 13.6 Å². The first-order valence-electron chi connectivity index (χ1n) is 8.91. The molecule has 152 valence electrons. The Balaban J connectivity index is 1.85. The fourth-order valence-corrected chi connectivity index (χ4v) is 5.14. The first-order chi connectivity index (χ1) is 13.9. The van der Waals surface area contributed by atoms with Gasteiger partial charge in [0.05, 0.1) is 11.4 Å². The first-order valence-corrected chi connectivity index (χ1v) is 11.7. The molecular formula is C21H21ClN2O3S2. The molecule has 0 aliphatic heterocycles. The number of benzene rings is 2. The number of sulfonamides is 1. The molecule has 3 aromatic rings. The second kappa shape index (κ2) is 9.54. The van der Waals surface area contributed by atoms with Crippen LogP contribution in [-0.4, -0.2) is 37.1 Å². The number of halogens is 1. The van der Waals surface area contributed by atoms with Gasteiger partial charge in [0.15, 0.2) is 0 Å². The summed E-state index contributed by atoms with van der Waals surface area (Å²) in [6.45, 7) is 0.261. The summed E-state index contributed by atoms with van der Waals surface area (Å²) < 4.78 is 27.7. The molecule has 0 saturated carbocycles. The lowest BCUT2D eigenvalue weighted by Crippen LogP contribution is -2.40. The lowest BCUT2D eigenvalue weighted by molar-refractivity contribution is -0.130. The van der Waals surface area contributed by atoms with Gasteiger partial charge in [0, 0.05) is 25.2 Å². The molecule has 0 fully saturated rings. The van der Waals surface area contributed by atoms with Gasteiger partial charge in [0.2, 0.25) is 15.9 Å². The highest BCUT2D eigenvalue weighted by Gasteiger charge is 2.28. The highest BCUT2D eigenvalue weighted by molar-refractivity contribution is 7.89. The Bertz CT molecular complexity index is 1050. The Kier molecular flexibility index (Phi) is 7.08. The molecule has 0 aliphatic rings.